The molecule has 2 aliphatic heterocycles. The van der Waals surface area contributed by atoms with Crippen LogP contribution in [0, 0.1) is 0 Å². The maximum atomic E-state index is 12.5. The molecule has 1 atom stereocenters. The van der Waals surface area contributed by atoms with Crippen molar-refractivity contribution in [1.82, 2.24) is 15.1 Å². The Kier molecular flexibility index (Phi) is 4.69. The number of nitrogens with one attached hydrogen (secondary N) is 2. The molecule has 0 bridgehead atoms. The second-order valence-corrected chi connectivity index (χ2v) is 6.23. The topological polar surface area (TPSA) is 81.8 Å². The minimum Gasteiger partial charge on any atom is -0.336 e. The van der Waals surface area contributed by atoms with Gasteiger partial charge in [0.05, 0.1) is 6.04 Å². The largest absolute Gasteiger partial charge is 0.336 e. The van der Waals surface area contributed by atoms with Gasteiger partial charge >= 0.3 is 12.1 Å². The first-order valence-electron chi connectivity index (χ1n) is 8.26. The Morgan fingerprint density at radius 3 is 2.58 bits per heavy atom. The van der Waals surface area contributed by atoms with E-state index < -0.39 is 0 Å². The fourth-order valence-corrected chi connectivity index (χ4v) is 3.22. The third kappa shape index (κ3) is 3.50. The highest BCUT2D eigenvalue weighted by Gasteiger charge is 2.32. The molecule has 0 radical (unpaired) electrons. The van der Waals surface area contributed by atoms with Crippen molar-refractivity contribution in [2.24, 2.45) is 0 Å². The molecule has 2 aliphatic rings. The maximum Gasteiger partial charge on any atom is 0.321 e. The number of piperidine rings is 1. The number of nitrogens with zero attached hydrogens (tertiary/aromatic N) is 2. The van der Waals surface area contributed by atoms with Gasteiger partial charge in [-0.3, -0.25) is 4.79 Å². The van der Waals surface area contributed by atoms with Crippen molar-refractivity contribution in [3.8, 4) is 0 Å². The van der Waals surface area contributed by atoms with Crippen molar-refractivity contribution in [2.45, 2.75) is 25.8 Å². The summed E-state index contributed by atoms with van der Waals surface area (Å²) in [5.41, 5.74) is 1.28. The van der Waals surface area contributed by atoms with Gasteiger partial charge in [0.25, 0.3) is 0 Å². The number of amides is 4. The summed E-state index contributed by atoms with van der Waals surface area (Å²) in [5.74, 6) is -0.00404. The van der Waals surface area contributed by atoms with Crippen LogP contribution in [0.1, 0.15) is 30.1 Å². The Labute approximate surface area is 141 Å². The van der Waals surface area contributed by atoms with Gasteiger partial charge in [0.1, 0.15) is 0 Å². The minimum absolute atomic E-state index is 0.00404. The summed E-state index contributed by atoms with van der Waals surface area (Å²) < 4.78 is 0. The first-order chi connectivity index (χ1) is 11.5. The van der Waals surface area contributed by atoms with Crippen LogP contribution in [0.2, 0.25) is 0 Å². The lowest BCUT2D eigenvalue weighted by atomic mass is 10.0. The van der Waals surface area contributed by atoms with Crippen molar-refractivity contribution in [3.63, 3.8) is 0 Å². The molecule has 1 aromatic carbocycles. The molecule has 2 N–H and O–H groups in total. The van der Waals surface area contributed by atoms with Crippen molar-refractivity contribution < 1.29 is 14.4 Å². The number of rotatable bonds is 3. The number of benzene rings is 1. The van der Waals surface area contributed by atoms with Crippen LogP contribution >= 0.6 is 0 Å². The summed E-state index contributed by atoms with van der Waals surface area (Å²) in [6, 6.07) is 6.72. The Hall–Kier alpha value is -2.57. The van der Waals surface area contributed by atoms with Crippen LogP contribution in [0.15, 0.2) is 24.3 Å². The number of Topliss-reactive ketones (excluding diaryl/α,β-unsaturated/α-hetero) is 1. The van der Waals surface area contributed by atoms with Gasteiger partial charge in [-0.1, -0.05) is 0 Å². The summed E-state index contributed by atoms with van der Waals surface area (Å²) in [5, 5.41) is 5.66. The molecule has 0 aliphatic carbocycles. The van der Waals surface area contributed by atoms with E-state index in [9.17, 15) is 14.4 Å². The number of anilines is 1. The number of carbonyl (C=O) groups is 3. The van der Waals surface area contributed by atoms with E-state index in [0.29, 0.717) is 37.4 Å². The van der Waals surface area contributed by atoms with Gasteiger partial charge in [-0.2, -0.15) is 0 Å². The molecule has 0 saturated carbocycles. The maximum absolute atomic E-state index is 12.5. The highest BCUT2D eigenvalue weighted by Crippen LogP contribution is 2.19. The molecular weight excluding hydrogens is 308 g/mol. The number of likely N-dealkylation sites (tertiary alicyclic amines) is 1. The summed E-state index contributed by atoms with van der Waals surface area (Å²) in [6.07, 6.45) is 1.80. The van der Waals surface area contributed by atoms with E-state index in [1.165, 1.54) is 6.92 Å². The minimum atomic E-state index is -0.171. The molecule has 7 nitrogen and oxygen atoms in total. The fourth-order valence-electron chi connectivity index (χ4n) is 3.22. The monoisotopic (exact) mass is 330 g/mol. The predicted molar refractivity (Wildman–Crippen MR) is 90.2 cm³/mol. The van der Waals surface area contributed by atoms with Gasteiger partial charge in [-0.05, 0) is 44.0 Å². The predicted octanol–water partition coefficient (Wildman–Crippen LogP) is 1.91. The molecule has 128 valence electrons. The number of hydrogen-bond donors (Lipinski definition) is 2. The van der Waals surface area contributed by atoms with Gasteiger partial charge in [0.2, 0.25) is 0 Å². The molecule has 1 aromatic rings. The van der Waals surface area contributed by atoms with Crippen LogP contribution in [-0.2, 0) is 0 Å². The van der Waals surface area contributed by atoms with Crippen LogP contribution in [0.4, 0.5) is 15.3 Å². The average molecular weight is 330 g/mol. The Balaban J connectivity index is 1.60. The second-order valence-electron chi connectivity index (χ2n) is 6.23. The molecule has 4 amide bonds. The second kappa shape index (κ2) is 6.90. The van der Waals surface area contributed by atoms with Crippen LogP contribution in [0.3, 0.4) is 0 Å². The van der Waals surface area contributed by atoms with Gasteiger partial charge in [0, 0.05) is 37.4 Å². The number of carbonyl (C=O) groups excluding carboxylic acids is 3. The van der Waals surface area contributed by atoms with Crippen molar-refractivity contribution >= 4 is 23.5 Å². The lowest BCUT2D eigenvalue weighted by Crippen LogP contribution is -2.51. The average Bonchev–Trinajstić information content (AvgIpc) is 3.01. The summed E-state index contributed by atoms with van der Waals surface area (Å²) >= 11 is 0. The van der Waals surface area contributed by atoms with E-state index in [-0.39, 0.29) is 23.9 Å². The van der Waals surface area contributed by atoms with Crippen molar-refractivity contribution in [2.75, 3.05) is 31.5 Å². The highest BCUT2D eigenvalue weighted by molar-refractivity contribution is 5.95. The van der Waals surface area contributed by atoms with E-state index >= 15 is 0 Å². The molecule has 2 fully saturated rings. The quantitative estimate of drug-likeness (QED) is 0.831. The molecule has 0 aromatic heterocycles. The molecule has 0 unspecified atom stereocenters. The molecule has 24 heavy (non-hydrogen) atoms. The first kappa shape index (κ1) is 16.3. The van der Waals surface area contributed by atoms with Crippen LogP contribution < -0.4 is 10.6 Å². The van der Waals surface area contributed by atoms with Crippen LogP contribution in [0.25, 0.3) is 0 Å². The van der Waals surface area contributed by atoms with Gasteiger partial charge in [0.15, 0.2) is 5.78 Å². The SMILES string of the molecule is CC(=O)c1ccc(NC(=O)N2CCC[C@H](N3CCNC3=O)C2)cc1. The summed E-state index contributed by atoms with van der Waals surface area (Å²) in [4.78, 5) is 39.1. The van der Waals surface area contributed by atoms with Gasteiger partial charge in [-0.25, -0.2) is 9.59 Å². The standard InChI is InChI=1S/C17H22N4O3/c1-12(22)13-4-6-14(7-5-13)19-17(24)20-9-2-3-15(11-20)21-10-8-18-16(21)23/h4-7,15H,2-3,8-11H2,1H3,(H,18,23)(H,19,24)/t15-/m0/s1. The molecule has 2 heterocycles. The van der Waals surface area contributed by atoms with Crippen LogP contribution in [0.5, 0.6) is 0 Å². The van der Waals surface area contributed by atoms with E-state index in [1.807, 2.05) is 4.90 Å². The van der Waals surface area contributed by atoms with E-state index in [1.54, 1.807) is 29.2 Å². The van der Waals surface area contributed by atoms with Crippen molar-refractivity contribution in [1.29, 1.82) is 0 Å². The van der Waals surface area contributed by atoms with Gasteiger partial charge < -0.3 is 20.4 Å². The van der Waals surface area contributed by atoms with E-state index in [2.05, 4.69) is 10.6 Å². The zero-order valence-corrected chi connectivity index (χ0v) is 13.7. The van der Waals surface area contributed by atoms with Crippen LogP contribution in [-0.4, -0.2) is 59.9 Å². The third-order valence-corrected chi connectivity index (χ3v) is 4.56. The summed E-state index contributed by atoms with van der Waals surface area (Å²) in [6.45, 7) is 4.11. The Bertz CT molecular complexity index is 644. The van der Waals surface area contributed by atoms with E-state index in [4.69, 9.17) is 0 Å². The lowest BCUT2D eigenvalue weighted by Gasteiger charge is -2.36. The highest BCUT2D eigenvalue weighted by atomic mass is 16.2. The molecule has 0 spiro atoms. The van der Waals surface area contributed by atoms with Gasteiger partial charge in [-0.15, -0.1) is 0 Å². The smallest absolute Gasteiger partial charge is 0.321 e. The number of hydrogen-bond acceptors (Lipinski definition) is 3. The first-order valence-corrected chi connectivity index (χ1v) is 8.26. The molecule has 7 heteroatoms. The molecular formula is C17H22N4O3. The molecule has 3 rings (SSSR count). The number of ketones is 1. The zero-order valence-electron chi connectivity index (χ0n) is 13.7. The summed E-state index contributed by atoms with van der Waals surface area (Å²) in [7, 11) is 0. The lowest BCUT2D eigenvalue weighted by molar-refractivity contribution is 0.101. The Morgan fingerprint density at radius 2 is 1.96 bits per heavy atom. The van der Waals surface area contributed by atoms with Crippen molar-refractivity contribution in [3.05, 3.63) is 29.8 Å². The third-order valence-electron chi connectivity index (χ3n) is 4.56. The molecule has 2 saturated heterocycles. The normalized spacial score (nSPS) is 20.7. The fraction of sp³-hybridized carbons (Fsp3) is 0.471. The zero-order chi connectivity index (χ0) is 17.1. The van der Waals surface area contributed by atoms with E-state index in [0.717, 1.165) is 12.8 Å². The number of urea groups is 2. The Morgan fingerprint density at radius 1 is 1.21 bits per heavy atom.